The van der Waals surface area contributed by atoms with E-state index in [0.717, 1.165) is 5.56 Å². The summed E-state index contributed by atoms with van der Waals surface area (Å²) in [5.41, 5.74) is -4.26. The van der Waals surface area contributed by atoms with Crippen molar-refractivity contribution in [2.75, 3.05) is 6.61 Å². The molecule has 1 aromatic rings. The smallest absolute Gasteiger partial charge is 0.321 e. The molecule has 4 saturated carbocycles. The van der Waals surface area contributed by atoms with Gasteiger partial charge in [0.15, 0.2) is 17.8 Å². The van der Waals surface area contributed by atoms with Crippen molar-refractivity contribution in [2.45, 2.75) is 133 Å². The molecule has 0 radical (unpaired) electrons. The Morgan fingerprint density at radius 1 is 1.02 bits per heavy atom. The lowest BCUT2D eigenvalue weighted by atomic mass is 9.40. The molecule has 1 amide bonds. The number of benzene rings is 1. The van der Waals surface area contributed by atoms with Crippen LogP contribution in [-0.4, -0.2) is 110 Å². The standard InChI is InChI=1S/C40H55NO13/c1-21(2)16-28(43)41-30-32(54-29(44)11-10-23-8-6-5-7-9-23)31(45)25(19-42)53-34(30)52-24-17-37(4)26-13-15-39(51)20-38(26,33(46)22(39)3)14-12-27(37)40(18-24,35(47)48)36(49)50/h5-9,21,24-27,30-34,42,45-46,51H,3,10-20H2,1-2,4H3,(H,41,43)(H,47,48)(H,49,50)/t24?,25?,26?,27?,30?,31?,32?,33?,34?,37-,38+,39-/m0/s1. The van der Waals surface area contributed by atoms with Gasteiger partial charge >= 0.3 is 17.9 Å². The normalized spacial score (nSPS) is 39.6. The Labute approximate surface area is 314 Å². The molecular formula is C40H55NO13. The molecule has 9 unspecified atom stereocenters. The summed E-state index contributed by atoms with van der Waals surface area (Å²) in [4.78, 5) is 53.1. The maximum absolute atomic E-state index is 13.3. The van der Waals surface area contributed by atoms with Crippen LogP contribution in [0.15, 0.2) is 42.5 Å². The number of fused-ring (bicyclic) bond motifs is 3. The summed E-state index contributed by atoms with van der Waals surface area (Å²) in [6.07, 6.45) is -6.67. The van der Waals surface area contributed by atoms with Crippen LogP contribution < -0.4 is 5.32 Å². The third kappa shape index (κ3) is 6.76. The molecule has 54 heavy (non-hydrogen) atoms. The van der Waals surface area contributed by atoms with Crippen LogP contribution in [0.5, 0.6) is 0 Å². The molecule has 6 rings (SSSR count). The highest BCUT2D eigenvalue weighted by molar-refractivity contribution is 5.99. The van der Waals surface area contributed by atoms with Crippen LogP contribution in [-0.2, 0) is 39.8 Å². The molecule has 5 fully saturated rings. The van der Waals surface area contributed by atoms with Gasteiger partial charge in [-0.2, -0.15) is 0 Å². The lowest BCUT2D eigenvalue weighted by Gasteiger charge is -2.64. The van der Waals surface area contributed by atoms with Crippen LogP contribution in [0.25, 0.3) is 0 Å². The van der Waals surface area contributed by atoms with Gasteiger partial charge in [-0.05, 0) is 79.3 Å². The number of carbonyl (C=O) groups is 4. The van der Waals surface area contributed by atoms with Crippen molar-refractivity contribution in [3.05, 3.63) is 48.0 Å². The molecule has 14 heteroatoms. The van der Waals surface area contributed by atoms with Crippen molar-refractivity contribution < 1.29 is 64.0 Å². The molecule has 14 nitrogen and oxygen atoms in total. The number of carbonyl (C=O) groups excluding carboxylic acids is 2. The van der Waals surface area contributed by atoms with Gasteiger partial charge in [0.1, 0.15) is 18.2 Å². The number of aliphatic carboxylic acids is 2. The molecule has 7 N–H and O–H groups in total. The lowest BCUT2D eigenvalue weighted by Crippen LogP contribution is -2.68. The van der Waals surface area contributed by atoms with Gasteiger partial charge < -0.3 is 50.2 Å². The van der Waals surface area contributed by atoms with Crippen molar-refractivity contribution in [1.29, 1.82) is 0 Å². The van der Waals surface area contributed by atoms with Crippen molar-refractivity contribution in [2.24, 2.45) is 34.0 Å². The summed E-state index contributed by atoms with van der Waals surface area (Å²) in [5, 5.41) is 69.0. The first-order valence-electron chi connectivity index (χ1n) is 19.1. The van der Waals surface area contributed by atoms with Gasteiger partial charge in [-0.25, -0.2) is 0 Å². The van der Waals surface area contributed by atoms with E-state index in [1.165, 1.54) is 0 Å². The first-order chi connectivity index (χ1) is 25.4. The van der Waals surface area contributed by atoms with Crippen LogP contribution in [0.3, 0.4) is 0 Å². The number of aliphatic hydroxyl groups is 4. The van der Waals surface area contributed by atoms with E-state index in [-0.39, 0.29) is 44.4 Å². The zero-order valence-electron chi connectivity index (χ0n) is 31.2. The van der Waals surface area contributed by atoms with Gasteiger partial charge in [0.2, 0.25) is 5.91 Å². The van der Waals surface area contributed by atoms with Gasteiger partial charge in [0, 0.05) is 24.7 Å². The molecule has 5 aliphatic rings. The number of aliphatic hydroxyl groups excluding tert-OH is 3. The summed E-state index contributed by atoms with van der Waals surface area (Å²) < 4.78 is 18.4. The summed E-state index contributed by atoms with van der Waals surface area (Å²) in [7, 11) is 0. The molecule has 1 saturated heterocycles. The number of aryl methyl sites for hydroxylation is 1. The van der Waals surface area contributed by atoms with Crippen LogP contribution in [0.2, 0.25) is 0 Å². The Bertz CT molecular complexity index is 1600. The van der Waals surface area contributed by atoms with Gasteiger partial charge in [0.05, 0.1) is 24.4 Å². The fraction of sp³-hybridized carbons (Fsp3) is 0.700. The third-order valence-electron chi connectivity index (χ3n) is 13.5. The summed E-state index contributed by atoms with van der Waals surface area (Å²) in [6.45, 7) is 8.81. The Morgan fingerprint density at radius 2 is 1.69 bits per heavy atom. The molecule has 1 spiro atoms. The Balaban J connectivity index is 1.34. The minimum Gasteiger partial charge on any atom is -0.480 e. The van der Waals surface area contributed by atoms with Crippen LogP contribution in [0, 0.1) is 34.0 Å². The molecular weight excluding hydrogens is 702 g/mol. The second-order valence-corrected chi connectivity index (χ2v) is 17.2. The van der Waals surface area contributed by atoms with Crippen molar-refractivity contribution in [3.8, 4) is 0 Å². The summed E-state index contributed by atoms with van der Waals surface area (Å²) >= 11 is 0. The first kappa shape index (κ1) is 40.3. The van der Waals surface area contributed by atoms with Gasteiger partial charge in [0.25, 0.3) is 0 Å². The van der Waals surface area contributed by atoms with E-state index in [9.17, 15) is 49.8 Å². The fourth-order valence-electron chi connectivity index (χ4n) is 11.2. The second-order valence-electron chi connectivity index (χ2n) is 17.2. The topological polar surface area (TPSA) is 229 Å². The number of hydrogen-bond donors (Lipinski definition) is 7. The van der Waals surface area contributed by atoms with Crippen molar-refractivity contribution in [1.82, 2.24) is 5.32 Å². The molecule has 1 aromatic carbocycles. The lowest BCUT2D eigenvalue weighted by molar-refractivity contribution is -0.300. The Hall–Kier alpha value is -3.40. The number of hydrogen-bond acceptors (Lipinski definition) is 11. The number of ether oxygens (including phenoxy) is 3. The SMILES string of the molecule is C=C1C(O)[C@@]23CCC4C(C(=O)O)(C(=O)O)CC(OC5OC(CO)C(O)C(OC(=O)CCc6ccccc6)C5NC(=O)CC(C)C)C[C@@]4(C)C2CC[C@]1(O)C3. The number of nitrogens with one attached hydrogen (secondary N) is 1. The molecule has 298 valence electrons. The zero-order chi connectivity index (χ0) is 39.4. The highest BCUT2D eigenvalue weighted by Gasteiger charge is 2.74. The summed E-state index contributed by atoms with van der Waals surface area (Å²) in [5.74, 6) is -5.55. The highest BCUT2D eigenvalue weighted by Crippen LogP contribution is 2.73. The van der Waals surface area contributed by atoms with Crippen LogP contribution in [0.1, 0.15) is 84.1 Å². The molecule has 1 aliphatic heterocycles. The zero-order valence-corrected chi connectivity index (χ0v) is 31.2. The van der Waals surface area contributed by atoms with Crippen LogP contribution in [0.4, 0.5) is 0 Å². The molecule has 1 heterocycles. The molecule has 2 bridgehead atoms. The van der Waals surface area contributed by atoms with Crippen molar-refractivity contribution >= 4 is 23.8 Å². The average molecular weight is 758 g/mol. The van der Waals surface area contributed by atoms with E-state index < -0.39 is 113 Å². The largest absolute Gasteiger partial charge is 0.480 e. The van der Waals surface area contributed by atoms with E-state index >= 15 is 0 Å². The van der Waals surface area contributed by atoms with Crippen LogP contribution >= 0.6 is 0 Å². The maximum Gasteiger partial charge on any atom is 0.321 e. The van der Waals surface area contributed by atoms with E-state index in [2.05, 4.69) is 11.9 Å². The third-order valence-corrected chi connectivity index (χ3v) is 13.5. The highest BCUT2D eigenvalue weighted by atomic mass is 16.7. The Kier molecular flexibility index (Phi) is 11.1. The fourth-order valence-corrected chi connectivity index (χ4v) is 11.2. The molecule has 4 aliphatic carbocycles. The minimum absolute atomic E-state index is 0.0608. The van der Waals surface area contributed by atoms with Gasteiger partial charge in [-0.1, -0.05) is 57.7 Å². The number of esters is 1. The van der Waals surface area contributed by atoms with E-state index in [1.54, 1.807) is 0 Å². The number of carboxylic acids is 2. The molecule has 12 atom stereocenters. The number of carboxylic acid groups (broad SMARTS) is 2. The predicted octanol–water partition coefficient (Wildman–Crippen LogP) is 2.34. The predicted molar refractivity (Wildman–Crippen MR) is 190 cm³/mol. The summed E-state index contributed by atoms with van der Waals surface area (Å²) in [6, 6.07) is 7.90. The van der Waals surface area contributed by atoms with E-state index in [1.807, 2.05) is 51.1 Å². The number of rotatable bonds is 12. The van der Waals surface area contributed by atoms with Gasteiger partial charge in [-0.15, -0.1) is 0 Å². The Morgan fingerprint density at radius 3 is 2.31 bits per heavy atom. The van der Waals surface area contributed by atoms with Gasteiger partial charge in [-0.3, -0.25) is 19.2 Å². The first-order valence-corrected chi connectivity index (χ1v) is 19.1. The maximum atomic E-state index is 13.3. The monoisotopic (exact) mass is 757 g/mol. The van der Waals surface area contributed by atoms with Crippen molar-refractivity contribution in [3.63, 3.8) is 0 Å². The minimum atomic E-state index is -2.31. The van der Waals surface area contributed by atoms with E-state index in [0.29, 0.717) is 24.8 Å². The van der Waals surface area contributed by atoms with E-state index in [4.69, 9.17) is 14.2 Å². The second kappa shape index (κ2) is 14.9. The average Bonchev–Trinajstić information content (AvgIpc) is 3.24. The molecule has 0 aromatic heterocycles. The number of amides is 1. The quantitative estimate of drug-likeness (QED) is 0.0704.